The molecule has 2 aliphatic rings. The summed E-state index contributed by atoms with van der Waals surface area (Å²) in [6.45, 7) is 3.42. The van der Waals surface area contributed by atoms with Crippen molar-refractivity contribution in [1.82, 2.24) is 24.8 Å². The quantitative estimate of drug-likeness (QED) is 0.341. The second kappa shape index (κ2) is 8.69. The summed E-state index contributed by atoms with van der Waals surface area (Å²) in [5.41, 5.74) is 3.55. The maximum absolute atomic E-state index is 12.6. The van der Waals surface area contributed by atoms with Gasteiger partial charge in [0.1, 0.15) is 0 Å². The Balaban J connectivity index is 0.000000523. The number of hydrogen-bond acceptors (Lipinski definition) is 6. The number of aliphatic hydroxyl groups is 1. The van der Waals surface area contributed by atoms with Crippen LogP contribution in [0.4, 0.5) is 0 Å². The van der Waals surface area contributed by atoms with E-state index in [9.17, 15) is 18.3 Å². The molecule has 0 aliphatic carbocycles. The molecule has 4 N–H and O–H groups in total. The highest BCUT2D eigenvalue weighted by atomic mass is 32.2. The highest BCUT2D eigenvalue weighted by molar-refractivity contribution is 7.85. The van der Waals surface area contributed by atoms with Crippen molar-refractivity contribution in [2.24, 2.45) is 7.05 Å². The van der Waals surface area contributed by atoms with Crippen molar-refractivity contribution in [3.8, 4) is 22.8 Å². The van der Waals surface area contributed by atoms with E-state index in [-0.39, 0.29) is 12.5 Å². The second-order valence-electron chi connectivity index (χ2n) is 8.09. The molecule has 0 saturated heterocycles. The molecule has 32 heavy (non-hydrogen) atoms. The molecule has 11 heteroatoms. The van der Waals surface area contributed by atoms with Crippen LogP contribution in [0.1, 0.15) is 24.2 Å². The molecular weight excluding hydrogens is 434 g/mol. The number of aryl methyl sites for hydroxylation is 1. The first-order valence-corrected chi connectivity index (χ1v) is 11.5. The number of aromatic nitrogens is 4. The van der Waals surface area contributed by atoms with Crippen molar-refractivity contribution in [1.29, 1.82) is 0 Å². The van der Waals surface area contributed by atoms with Gasteiger partial charge in [-0.2, -0.15) is 8.42 Å². The highest BCUT2D eigenvalue weighted by Gasteiger charge is 2.21. The Hall–Kier alpha value is -3.28. The standard InChI is InChI=1S/C20H21N5O2.CH4O3S/c1-20(2,11-26)24-19(27)12-4-5-17-13(8-12)14(10-25(17)3)16-9-22-18-15(23-16)6-7-21-18;1-5(2,3)4/h4-10,23,26H,11H2,1-3H3,(H,24,27);1H3,(H,2,3,4). The molecule has 0 fully saturated rings. The number of carbonyl (C=O) groups is 1. The van der Waals surface area contributed by atoms with Crippen molar-refractivity contribution >= 4 is 26.9 Å². The van der Waals surface area contributed by atoms with Crippen LogP contribution in [-0.4, -0.2) is 61.9 Å². The monoisotopic (exact) mass is 459 g/mol. The number of amides is 1. The molecule has 1 aromatic heterocycles. The van der Waals surface area contributed by atoms with Crippen molar-refractivity contribution in [2.45, 2.75) is 19.4 Å². The summed E-state index contributed by atoms with van der Waals surface area (Å²) in [5.74, 6) is 0.453. The predicted octanol–water partition coefficient (Wildman–Crippen LogP) is 2.07. The van der Waals surface area contributed by atoms with Gasteiger partial charge < -0.3 is 20.0 Å². The summed E-state index contributed by atoms with van der Waals surface area (Å²) in [4.78, 5) is 24.5. The van der Waals surface area contributed by atoms with Gasteiger partial charge in [0.15, 0.2) is 5.82 Å². The molecule has 0 spiro atoms. The molecule has 1 amide bonds. The minimum Gasteiger partial charge on any atom is -0.394 e. The number of H-pyrrole nitrogens is 1. The minimum absolute atomic E-state index is 0.133. The molecule has 3 heterocycles. The van der Waals surface area contributed by atoms with E-state index in [1.165, 1.54) is 0 Å². The largest absolute Gasteiger partial charge is 0.394 e. The lowest BCUT2D eigenvalue weighted by molar-refractivity contribution is 0.0869. The number of carbonyl (C=O) groups excluding carboxylic acids is 1. The van der Waals surface area contributed by atoms with E-state index in [4.69, 9.17) is 4.55 Å². The van der Waals surface area contributed by atoms with Crippen molar-refractivity contribution in [3.05, 3.63) is 48.4 Å². The third-order valence-electron chi connectivity index (χ3n) is 4.65. The number of aliphatic hydroxyl groups excluding tert-OH is 1. The third kappa shape index (κ3) is 5.49. The molecule has 0 bridgehead atoms. The third-order valence-corrected chi connectivity index (χ3v) is 4.65. The van der Waals surface area contributed by atoms with Crippen LogP contribution in [0.25, 0.3) is 33.7 Å². The van der Waals surface area contributed by atoms with Crippen molar-refractivity contribution in [2.75, 3.05) is 12.9 Å². The van der Waals surface area contributed by atoms with E-state index in [0.717, 1.165) is 27.9 Å². The Morgan fingerprint density at radius 2 is 1.91 bits per heavy atom. The lowest BCUT2D eigenvalue weighted by Gasteiger charge is -2.23. The SMILES string of the molecule is CS(=O)(=O)O.Cn1cc(-c2cnc3nccc-3[nH]2)c2cc(C(=O)NC(C)(C)CO)ccc21. The maximum Gasteiger partial charge on any atom is 0.261 e. The van der Waals surface area contributed by atoms with Gasteiger partial charge in [0, 0.05) is 41.5 Å². The zero-order valence-electron chi connectivity index (χ0n) is 18.1. The summed E-state index contributed by atoms with van der Waals surface area (Å²) >= 11 is 0. The van der Waals surface area contributed by atoms with Crippen LogP contribution in [0.5, 0.6) is 0 Å². The maximum atomic E-state index is 12.6. The number of aromatic amines is 1. The number of fused-ring (bicyclic) bond motifs is 2. The number of hydrogen-bond donors (Lipinski definition) is 4. The number of nitrogens with zero attached hydrogens (tertiary/aromatic N) is 3. The molecular formula is C21H25N5O5S. The predicted molar refractivity (Wildman–Crippen MR) is 121 cm³/mol. The molecule has 0 radical (unpaired) electrons. The van der Waals surface area contributed by atoms with Gasteiger partial charge in [-0.1, -0.05) is 0 Å². The number of rotatable bonds is 4. The van der Waals surface area contributed by atoms with E-state index in [0.29, 0.717) is 17.6 Å². The van der Waals surface area contributed by atoms with Crippen LogP contribution < -0.4 is 5.32 Å². The van der Waals surface area contributed by atoms with Gasteiger partial charge in [0.05, 0.1) is 36.0 Å². The van der Waals surface area contributed by atoms with Gasteiger partial charge in [-0.05, 0) is 38.1 Å². The molecule has 170 valence electrons. The Morgan fingerprint density at radius 1 is 1.22 bits per heavy atom. The summed E-state index contributed by atoms with van der Waals surface area (Å²) < 4.78 is 27.9. The zero-order valence-corrected chi connectivity index (χ0v) is 18.9. The van der Waals surface area contributed by atoms with E-state index >= 15 is 0 Å². The lowest BCUT2D eigenvalue weighted by Crippen LogP contribution is -2.46. The Labute approximate surface area is 185 Å². The number of benzene rings is 1. The second-order valence-corrected chi connectivity index (χ2v) is 9.56. The van der Waals surface area contributed by atoms with E-state index in [2.05, 4.69) is 20.3 Å². The van der Waals surface area contributed by atoms with E-state index in [1.807, 2.05) is 36.0 Å². The van der Waals surface area contributed by atoms with Crippen LogP contribution >= 0.6 is 0 Å². The average Bonchev–Trinajstić information content (AvgIpc) is 3.30. The smallest absolute Gasteiger partial charge is 0.261 e. The number of nitrogens with one attached hydrogen (secondary N) is 2. The van der Waals surface area contributed by atoms with Gasteiger partial charge in [0.25, 0.3) is 16.0 Å². The topological polar surface area (TPSA) is 150 Å². The first-order valence-electron chi connectivity index (χ1n) is 9.63. The van der Waals surface area contributed by atoms with Gasteiger partial charge >= 0.3 is 0 Å². The Morgan fingerprint density at radius 3 is 2.56 bits per heavy atom. The van der Waals surface area contributed by atoms with Crippen molar-refractivity contribution in [3.63, 3.8) is 0 Å². The first-order chi connectivity index (χ1) is 14.9. The normalized spacial score (nSPS) is 11.9. The van der Waals surface area contributed by atoms with Crippen LogP contribution in [0.3, 0.4) is 0 Å². The van der Waals surface area contributed by atoms with E-state index < -0.39 is 15.7 Å². The fourth-order valence-corrected chi connectivity index (χ4v) is 3.13. The van der Waals surface area contributed by atoms with Crippen LogP contribution in [0.2, 0.25) is 0 Å². The molecule has 1 aromatic carbocycles. The minimum atomic E-state index is -3.67. The van der Waals surface area contributed by atoms with Gasteiger partial charge in [0.2, 0.25) is 0 Å². The molecule has 2 aliphatic heterocycles. The zero-order chi connectivity index (χ0) is 23.7. The first kappa shape index (κ1) is 23.4. The summed E-state index contributed by atoms with van der Waals surface area (Å²) in [6.07, 6.45) is 6.20. The van der Waals surface area contributed by atoms with Gasteiger partial charge in [-0.25, -0.2) is 9.97 Å². The fourth-order valence-electron chi connectivity index (χ4n) is 3.13. The average molecular weight is 460 g/mol. The Bertz CT molecular complexity index is 1330. The van der Waals surface area contributed by atoms with Crippen molar-refractivity contribution < 1.29 is 22.9 Å². The Kier molecular flexibility index (Phi) is 6.35. The highest BCUT2D eigenvalue weighted by Crippen LogP contribution is 2.31. The van der Waals surface area contributed by atoms with Crippen LogP contribution in [0, 0.1) is 0 Å². The van der Waals surface area contributed by atoms with Gasteiger partial charge in [-0.3, -0.25) is 9.35 Å². The summed E-state index contributed by atoms with van der Waals surface area (Å²) in [5, 5.41) is 13.2. The molecule has 10 nitrogen and oxygen atoms in total. The van der Waals surface area contributed by atoms with E-state index in [1.54, 1.807) is 32.3 Å². The van der Waals surface area contributed by atoms with Crippen LogP contribution in [-0.2, 0) is 17.2 Å². The molecule has 0 unspecified atom stereocenters. The van der Waals surface area contributed by atoms with Gasteiger partial charge in [-0.15, -0.1) is 0 Å². The molecule has 0 atom stereocenters. The molecule has 4 rings (SSSR count). The summed E-state index contributed by atoms with van der Waals surface area (Å²) in [7, 11) is -1.70. The van der Waals surface area contributed by atoms with Crippen LogP contribution in [0.15, 0.2) is 42.9 Å². The molecule has 2 aromatic rings. The lowest BCUT2D eigenvalue weighted by atomic mass is 10.0. The molecule has 0 saturated carbocycles. The summed E-state index contributed by atoms with van der Waals surface area (Å²) in [6, 6.07) is 7.47. The fraction of sp³-hybridized carbons (Fsp3) is 0.286.